The van der Waals surface area contributed by atoms with Crippen LogP contribution in [0.1, 0.15) is 69.1 Å². The Kier molecular flexibility index (Phi) is 7.91. The van der Waals surface area contributed by atoms with Crippen molar-refractivity contribution in [1.29, 1.82) is 0 Å². The van der Waals surface area contributed by atoms with E-state index in [9.17, 15) is 19.2 Å². The molecule has 0 aromatic heterocycles. The Labute approximate surface area is 174 Å². The van der Waals surface area contributed by atoms with E-state index in [-0.39, 0.29) is 59.5 Å². The maximum atomic E-state index is 12.6. The van der Waals surface area contributed by atoms with Crippen LogP contribution in [0.3, 0.4) is 0 Å². The van der Waals surface area contributed by atoms with E-state index in [1.165, 1.54) is 24.3 Å². The molecule has 0 heterocycles. The second kappa shape index (κ2) is 10.4. The summed E-state index contributed by atoms with van der Waals surface area (Å²) in [5.41, 5.74) is 0.0893. The molecule has 8 heteroatoms. The van der Waals surface area contributed by atoms with Crippen LogP contribution in [0.4, 0.5) is 0 Å². The lowest BCUT2D eigenvalue weighted by atomic mass is 9.91. The largest absolute Gasteiger partial charge is 0.462 e. The molecule has 0 atom stereocenters. The van der Waals surface area contributed by atoms with Gasteiger partial charge in [-0.15, -0.1) is 0 Å². The van der Waals surface area contributed by atoms with E-state index >= 15 is 0 Å². The molecule has 0 fully saturated rings. The van der Waals surface area contributed by atoms with Crippen LogP contribution in [0.15, 0.2) is 24.3 Å². The Morgan fingerprint density at radius 2 is 0.700 bits per heavy atom. The molecule has 0 spiro atoms. The standard InChI is InChI=1S/C22H24O8/c1-5-27-19(23)13-9-10-15(21(25)29-7-3)18-16(22(26)30-8-4)12-11-14(17(13)18)20(24)28-6-2/h9-12H,5-8H2,1-4H3. The zero-order chi connectivity index (χ0) is 22.3. The third-order valence-electron chi connectivity index (χ3n) is 4.14. The van der Waals surface area contributed by atoms with Crippen LogP contribution in [-0.2, 0) is 18.9 Å². The van der Waals surface area contributed by atoms with Crippen molar-refractivity contribution in [3.05, 3.63) is 46.5 Å². The highest BCUT2D eigenvalue weighted by molar-refractivity contribution is 6.22. The highest BCUT2D eigenvalue weighted by atomic mass is 16.5. The van der Waals surface area contributed by atoms with E-state index < -0.39 is 23.9 Å². The Balaban J connectivity index is 2.98. The van der Waals surface area contributed by atoms with Crippen molar-refractivity contribution < 1.29 is 38.1 Å². The molecular formula is C22H24O8. The van der Waals surface area contributed by atoms with E-state index in [2.05, 4.69) is 0 Å². The average Bonchev–Trinajstić information content (AvgIpc) is 2.72. The molecule has 0 radical (unpaired) electrons. The van der Waals surface area contributed by atoms with Crippen LogP contribution < -0.4 is 0 Å². The van der Waals surface area contributed by atoms with Gasteiger partial charge in [-0.2, -0.15) is 0 Å². The van der Waals surface area contributed by atoms with Gasteiger partial charge in [0.05, 0.1) is 48.7 Å². The van der Waals surface area contributed by atoms with Crippen molar-refractivity contribution in [3.8, 4) is 0 Å². The Morgan fingerprint density at radius 1 is 0.500 bits per heavy atom. The first-order valence-corrected chi connectivity index (χ1v) is 9.69. The third-order valence-corrected chi connectivity index (χ3v) is 4.14. The first kappa shape index (κ1) is 22.9. The molecule has 2 aromatic rings. The molecule has 0 saturated carbocycles. The number of ether oxygens (including phenoxy) is 4. The predicted octanol–water partition coefficient (Wildman–Crippen LogP) is 3.55. The minimum atomic E-state index is -0.704. The van der Waals surface area contributed by atoms with E-state index in [1.807, 2.05) is 0 Å². The van der Waals surface area contributed by atoms with Crippen LogP contribution in [0, 0.1) is 0 Å². The second-order valence-electron chi connectivity index (χ2n) is 5.95. The maximum absolute atomic E-state index is 12.6. The summed E-state index contributed by atoms with van der Waals surface area (Å²) in [5.74, 6) is -2.82. The van der Waals surface area contributed by atoms with Gasteiger partial charge in [-0.25, -0.2) is 19.2 Å². The van der Waals surface area contributed by atoms with Crippen LogP contribution in [0.25, 0.3) is 10.8 Å². The molecule has 0 unspecified atom stereocenters. The summed E-state index contributed by atoms with van der Waals surface area (Å²) in [6, 6.07) is 5.46. The smallest absolute Gasteiger partial charge is 0.338 e. The van der Waals surface area contributed by atoms with Crippen molar-refractivity contribution in [3.63, 3.8) is 0 Å². The average molecular weight is 416 g/mol. The van der Waals surface area contributed by atoms with Gasteiger partial charge in [0.2, 0.25) is 0 Å². The lowest BCUT2D eigenvalue weighted by molar-refractivity contribution is 0.0505. The van der Waals surface area contributed by atoms with Gasteiger partial charge in [0, 0.05) is 10.8 Å². The molecule has 0 aliphatic carbocycles. The van der Waals surface area contributed by atoms with Crippen LogP contribution in [-0.4, -0.2) is 50.3 Å². The molecule has 2 aromatic carbocycles. The summed E-state index contributed by atoms with van der Waals surface area (Å²) in [6.45, 7) is 6.98. The van der Waals surface area contributed by atoms with Crippen LogP contribution in [0.2, 0.25) is 0 Å². The number of esters is 4. The second-order valence-corrected chi connectivity index (χ2v) is 5.95. The summed E-state index contributed by atoms with van der Waals surface area (Å²) in [6.07, 6.45) is 0. The molecule has 0 saturated heterocycles. The molecule has 0 aliphatic rings. The minimum absolute atomic E-state index is 0.0223. The number of hydrogen-bond donors (Lipinski definition) is 0. The molecule has 30 heavy (non-hydrogen) atoms. The lowest BCUT2D eigenvalue weighted by Gasteiger charge is -2.16. The fourth-order valence-corrected chi connectivity index (χ4v) is 3.01. The van der Waals surface area contributed by atoms with Crippen molar-refractivity contribution in [2.24, 2.45) is 0 Å². The molecule has 0 N–H and O–H groups in total. The fourth-order valence-electron chi connectivity index (χ4n) is 3.01. The molecular weight excluding hydrogens is 392 g/mol. The quantitative estimate of drug-likeness (QED) is 0.475. The van der Waals surface area contributed by atoms with E-state index in [0.717, 1.165) is 0 Å². The number of carbonyl (C=O) groups is 4. The SMILES string of the molecule is CCOC(=O)c1ccc(C(=O)OCC)c2c(C(=O)OCC)ccc(C(=O)OCC)c12. The van der Waals surface area contributed by atoms with Crippen LogP contribution >= 0.6 is 0 Å². The van der Waals surface area contributed by atoms with Gasteiger partial charge in [0.15, 0.2) is 0 Å². The molecule has 8 nitrogen and oxygen atoms in total. The number of carbonyl (C=O) groups excluding carboxylic acids is 4. The first-order chi connectivity index (χ1) is 14.4. The Hall–Kier alpha value is -3.42. The van der Waals surface area contributed by atoms with E-state index in [0.29, 0.717) is 0 Å². The Morgan fingerprint density at radius 3 is 0.867 bits per heavy atom. The Bertz CT molecular complexity index is 824. The fraction of sp³-hybridized carbons (Fsp3) is 0.364. The van der Waals surface area contributed by atoms with Crippen molar-refractivity contribution in [1.82, 2.24) is 0 Å². The highest BCUT2D eigenvalue weighted by Gasteiger charge is 2.27. The lowest BCUT2D eigenvalue weighted by Crippen LogP contribution is -2.16. The van der Waals surface area contributed by atoms with Gasteiger partial charge in [-0.05, 0) is 52.0 Å². The van der Waals surface area contributed by atoms with Gasteiger partial charge in [0.1, 0.15) is 0 Å². The van der Waals surface area contributed by atoms with Crippen molar-refractivity contribution >= 4 is 34.6 Å². The zero-order valence-corrected chi connectivity index (χ0v) is 17.4. The summed E-state index contributed by atoms with van der Waals surface area (Å²) in [4.78, 5) is 50.4. The van der Waals surface area contributed by atoms with Gasteiger partial charge < -0.3 is 18.9 Å². The van der Waals surface area contributed by atoms with E-state index in [4.69, 9.17) is 18.9 Å². The van der Waals surface area contributed by atoms with Crippen molar-refractivity contribution in [2.75, 3.05) is 26.4 Å². The van der Waals surface area contributed by atoms with Gasteiger partial charge >= 0.3 is 23.9 Å². The maximum Gasteiger partial charge on any atom is 0.338 e. The summed E-state index contributed by atoms with van der Waals surface area (Å²) < 4.78 is 20.4. The van der Waals surface area contributed by atoms with Gasteiger partial charge in [-0.1, -0.05) is 0 Å². The van der Waals surface area contributed by atoms with Gasteiger partial charge in [0.25, 0.3) is 0 Å². The topological polar surface area (TPSA) is 105 Å². The van der Waals surface area contributed by atoms with E-state index in [1.54, 1.807) is 27.7 Å². The molecule has 160 valence electrons. The molecule has 0 bridgehead atoms. The monoisotopic (exact) mass is 416 g/mol. The molecule has 0 amide bonds. The zero-order valence-electron chi connectivity index (χ0n) is 17.4. The third kappa shape index (κ3) is 4.59. The number of fused-ring (bicyclic) bond motifs is 1. The highest BCUT2D eigenvalue weighted by Crippen LogP contribution is 2.32. The molecule has 0 aliphatic heterocycles. The first-order valence-electron chi connectivity index (χ1n) is 9.69. The molecule has 2 rings (SSSR count). The summed E-state index contributed by atoms with van der Waals surface area (Å²) in [5, 5.41) is 0.144. The normalized spacial score (nSPS) is 10.4. The summed E-state index contributed by atoms with van der Waals surface area (Å²) >= 11 is 0. The minimum Gasteiger partial charge on any atom is -0.462 e. The summed E-state index contributed by atoms with van der Waals surface area (Å²) in [7, 11) is 0. The number of rotatable bonds is 8. The van der Waals surface area contributed by atoms with Crippen molar-refractivity contribution in [2.45, 2.75) is 27.7 Å². The number of benzene rings is 2. The predicted molar refractivity (Wildman–Crippen MR) is 108 cm³/mol. The number of hydrogen-bond acceptors (Lipinski definition) is 8. The van der Waals surface area contributed by atoms with Crippen LogP contribution in [0.5, 0.6) is 0 Å². The van der Waals surface area contributed by atoms with Gasteiger partial charge in [-0.3, -0.25) is 0 Å².